The number of rotatable bonds is 2. The normalized spacial score (nSPS) is 30.2. The number of aromatic nitrogens is 2. The quantitative estimate of drug-likeness (QED) is 0.866. The second-order valence-electron chi connectivity index (χ2n) is 6.18. The Morgan fingerprint density at radius 1 is 1.17 bits per heavy atom. The molecule has 2 N–H and O–H groups in total. The zero-order valence-electron chi connectivity index (χ0n) is 10.9. The van der Waals surface area contributed by atoms with Crippen LogP contribution < -0.4 is 10.6 Å². The number of hydrogen-bond acceptors (Lipinski definition) is 4. The van der Waals surface area contributed by atoms with Crippen LogP contribution >= 0.6 is 0 Å². The molecule has 0 amide bonds. The summed E-state index contributed by atoms with van der Waals surface area (Å²) in [5.41, 5.74) is 7.15. The van der Waals surface area contributed by atoms with E-state index in [9.17, 15) is 0 Å². The second kappa shape index (κ2) is 3.59. The van der Waals surface area contributed by atoms with Crippen LogP contribution in [0.25, 0.3) is 0 Å². The molecule has 4 nitrogen and oxygen atoms in total. The summed E-state index contributed by atoms with van der Waals surface area (Å²) in [6.45, 7) is 3.24. The molecule has 18 heavy (non-hydrogen) atoms. The third-order valence-electron chi connectivity index (χ3n) is 4.80. The minimum atomic E-state index is 0.575. The molecule has 3 aliphatic rings. The van der Waals surface area contributed by atoms with Crippen LogP contribution in [0.4, 0.5) is 11.6 Å². The molecule has 2 bridgehead atoms. The van der Waals surface area contributed by atoms with E-state index in [2.05, 4.69) is 16.8 Å². The highest BCUT2D eigenvalue weighted by Gasteiger charge is 2.39. The number of nitrogens with zero attached hydrogens (tertiary/aromatic N) is 3. The molecule has 2 heterocycles. The molecule has 1 aliphatic heterocycles. The Kier molecular flexibility index (Phi) is 2.11. The summed E-state index contributed by atoms with van der Waals surface area (Å²) in [6, 6.07) is 0.704. The van der Waals surface area contributed by atoms with Gasteiger partial charge in [0, 0.05) is 24.1 Å². The number of nitrogen functional groups attached to an aromatic ring is 1. The molecule has 0 aromatic carbocycles. The Bertz CT molecular complexity index is 495. The van der Waals surface area contributed by atoms with Gasteiger partial charge in [-0.1, -0.05) is 0 Å². The van der Waals surface area contributed by atoms with Crippen LogP contribution in [0.2, 0.25) is 0 Å². The fourth-order valence-corrected chi connectivity index (χ4v) is 3.53. The van der Waals surface area contributed by atoms with Crippen molar-refractivity contribution in [1.82, 2.24) is 9.97 Å². The monoisotopic (exact) mass is 244 g/mol. The topological polar surface area (TPSA) is 55.0 Å². The number of nitrogens with two attached hydrogens (primary N) is 1. The Labute approximate surface area is 108 Å². The van der Waals surface area contributed by atoms with Crippen LogP contribution in [0.15, 0.2) is 0 Å². The highest BCUT2D eigenvalue weighted by atomic mass is 15.3. The van der Waals surface area contributed by atoms with Crippen LogP contribution in [-0.2, 0) is 0 Å². The van der Waals surface area contributed by atoms with E-state index < -0.39 is 0 Å². The largest absolute Gasteiger partial charge is 0.383 e. The Morgan fingerprint density at radius 2 is 2.00 bits per heavy atom. The lowest BCUT2D eigenvalue weighted by Crippen LogP contribution is -2.33. The van der Waals surface area contributed by atoms with Gasteiger partial charge < -0.3 is 10.6 Å². The van der Waals surface area contributed by atoms with Gasteiger partial charge in [-0.2, -0.15) is 0 Å². The van der Waals surface area contributed by atoms with Gasteiger partial charge in [-0.15, -0.1) is 0 Å². The second-order valence-corrected chi connectivity index (χ2v) is 6.18. The molecule has 2 aliphatic carbocycles. The predicted octanol–water partition coefficient (Wildman–Crippen LogP) is 2.23. The van der Waals surface area contributed by atoms with Gasteiger partial charge in [-0.05, 0) is 44.9 Å². The fourth-order valence-electron chi connectivity index (χ4n) is 3.53. The molecule has 4 rings (SSSR count). The zero-order chi connectivity index (χ0) is 12.3. The van der Waals surface area contributed by atoms with Gasteiger partial charge >= 0.3 is 0 Å². The smallest absolute Gasteiger partial charge is 0.137 e. The molecule has 1 aromatic heterocycles. The lowest BCUT2D eigenvalue weighted by atomic mass is 10.1. The first-order valence-corrected chi connectivity index (χ1v) is 7.13. The molecule has 96 valence electrons. The van der Waals surface area contributed by atoms with E-state index in [1.54, 1.807) is 0 Å². The third kappa shape index (κ3) is 1.51. The van der Waals surface area contributed by atoms with Crippen LogP contribution in [-0.4, -0.2) is 22.6 Å². The Balaban J connectivity index is 1.74. The summed E-state index contributed by atoms with van der Waals surface area (Å²) in [6.07, 6.45) is 6.53. The summed E-state index contributed by atoms with van der Waals surface area (Å²) in [5.74, 6) is 4.25. The van der Waals surface area contributed by atoms with E-state index in [0.717, 1.165) is 23.1 Å². The van der Waals surface area contributed by atoms with Gasteiger partial charge in [0.15, 0.2) is 0 Å². The SMILES string of the molecule is Cc1c(N)nc(C2CC2)nc1N1CC2CCC1C2. The molecule has 2 atom stereocenters. The number of piperidine rings is 1. The molecular formula is C14H20N4. The van der Waals surface area contributed by atoms with E-state index in [1.165, 1.54) is 38.6 Å². The summed E-state index contributed by atoms with van der Waals surface area (Å²) >= 11 is 0. The summed E-state index contributed by atoms with van der Waals surface area (Å²) in [5, 5.41) is 0. The van der Waals surface area contributed by atoms with Crippen LogP contribution in [0, 0.1) is 12.8 Å². The Morgan fingerprint density at radius 3 is 2.61 bits per heavy atom. The van der Waals surface area contributed by atoms with Crippen molar-refractivity contribution < 1.29 is 0 Å². The lowest BCUT2D eigenvalue weighted by Gasteiger charge is -2.29. The van der Waals surface area contributed by atoms with Gasteiger partial charge in [-0.25, -0.2) is 9.97 Å². The van der Waals surface area contributed by atoms with Gasteiger partial charge in [0.25, 0.3) is 0 Å². The van der Waals surface area contributed by atoms with E-state index in [4.69, 9.17) is 10.7 Å². The number of hydrogen-bond donors (Lipinski definition) is 1. The first-order chi connectivity index (χ1) is 8.72. The van der Waals surface area contributed by atoms with Gasteiger partial charge in [-0.3, -0.25) is 0 Å². The third-order valence-corrected chi connectivity index (χ3v) is 4.80. The van der Waals surface area contributed by atoms with E-state index in [0.29, 0.717) is 17.8 Å². The summed E-state index contributed by atoms with van der Waals surface area (Å²) in [4.78, 5) is 11.8. The van der Waals surface area contributed by atoms with Crippen molar-refractivity contribution in [3.05, 3.63) is 11.4 Å². The predicted molar refractivity (Wildman–Crippen MR) is 71.6 cm³/mol. The molecule has 2 saturated carbocycles. The first kappa shape index (κ1) is 10.6. The number of fused-ring (bicyclic) bond motifs is 2. The molecule has 1 saturated heterocycles. The van der Waals surface area contributed by atoms with Crippen molar-refractivity contribution in [2.45, 2.75) is 51.0 Å². The van der Waals surface area contributed by atoms with Crippen molar-refractivity contribution in [3.8, 4) is 0 Å². The Hall–Kier alpha value is -1.32. The highest BCUT2D eigenvalue weighted by molar-refractivity contribution is 5.58. The van der Waals surface area contributed by atoms with Crippen molar-refractivity contribution in [2.75, 3.05) is 17.2 Å². The molecule has 3 fully saturated rings. The van der Waals surface area contributed by atoms with E-state index >= 15 is 0 Å². The minimum absolute atomic E-state index is 0.575. The molecular weight excluding hydrogens is 224 g/mol. The highest BCUT2D eigenvalue weighted by Crippen LogP contribution is 2.43. The lowest BCUT2D eigenvalue weighted by molar-refractivity contribution is 0.548. The van der Waals surface area contributed by atoms with Gasteiger partial charge in [0.05, 0.1) is 0 Å². The van der Waals surface area contributed by atoms with E-state index in [-0.39, 0.29) is 0 Å². The first-order valence-electron chi connectivity index (χ1n) is 7.13. The number of anilines is 2. The summed E-state index contributed by atoms with van der Waals surface area (Å²) < 4.78 is 0. The maximum atomic E-state index is 6.07. The fraction of sp³-hybridized carbons (Fsp3) is 0.714. The van der Waals surface area contributed by atoms with Gasteiger partial charge in [0.2, 0.25) is 0 Å². The molecule has 0 spiro atoms. The van der Waals surface area contributed by atoms with E-state index in [1.807, 2.05) is 0 Å². The van der Waals surface area contributed by atoms with Gasteiger partial charge in [0.1, 0.15) is 17.5 Å². The maximum absolute atomic E-state index is 6.07. The molecule has 1 aromatic rings. The van der Waals surface area contributed by atoms with Crippen molar-refractivity contribution >= 4 is 11.6 Å². The molecule has 0 radical (unpaired) electrons. The standard InChI is InChI=1S/C14H20N4/c1-8-12(15)16-13(10-3-4-10)17-14(8)18-7-9-2-5-11(18)6-9/h9-11H,2-7H2,1H3,(H2,15,16,17). The summed E-state index contributed by atoms with van der Waals surface area (Å²) in [7, 11) is 0. The van der Waals surface area contributed by atoms with Crippen LogP contribution in [0.5, 0.6) is 0 Å². The maximum Gasteiger partial charge on any atom is 0.137 e. The van der Waals surface area contributed by atoms with Crippen LogP contribution in [0.1, 0.15) is 49.4 Å². The zero-order valence-corrected chi connectivity index (χ0v) is 10.9. The molecule has 2 unspecified atom stereocenters. The van der Waals surface area contributed by atoms with Crippen molar-refractivity contribution in [2.24, 2.45) is 5.92 Å². The van der Waals surface area contributed by atoms with Crippen LogP contribution in [0.3, 0.4) is 0 Å². The minimum Gasteiger partial charge on any atom is -0.383 e. The molecule has 4 heteroatoms. The van der Waals surface area contributed by atoms with Crippen molar-refractivity contribution in [3.63, 3.8) is 0 Å². The average Bonchev–Trinajstić information content (AvgIpc) is 3.01. The average molecular weight is 244 g/mol. The van der Waals surface area contributed by atoms with Crippen molar-refractivity contribution in [1.29, 1.82) is 0 Å².